The Morgan fingerprint density at radius 2 is 1.27 bits per heavy atom. The Labute approximate surface area is 788 Å². The molecule has 0 aromatic heterocycles. The molecule has 5 rings (SSSR count). The number of phosphoric acid groups is 2. The van der Waals surface area contributed by atoms with Gasteiger partial charge in [0.2, 0.25) is 41.4 Å². The molecular formula is C91H137ClN12O28P2. The van der Waals surface area contributed by atoms with Crippen molar-refractivity contribution in [3.63, 3.8) is 0 Å². The third-order valence-corrected chi connectivity index (χ3v) is 25.1. The van der Waals surface area contributed by atoms with Crippen LogP contribution < -0.4 is 53.6 Å². The number of phosphoric ester groups is 2. The normalized spacial score (nSPS) is 21.1. The number of allylic oxidation sites excluding steroid dienone is 1. The number of alkyl carbamates (subject to hydrolysis) is 1. The van der Waals surface area contributed by atoms with Crippen molar-refractivity contribution in [2.24, 2.45) is 35.3 Å². The number of carbonyl (C=O) groups is 14. The minimum Gasteiger partial charge on any atom is -0.456 e. The van der Waals surface area contributed by atoms with E-state index in [4.69, 9.17) is 59.5 Å². The Hall–Kier alpha value is -10.1. The highest BCUT2D eigenvalue weighted by molar-refractivity contribution is 7.61. The maximum Gasteiger partial charge on any atom is 0.481 e. The number of nitrogens with zero attached hydrogens (tertiary/aromatic N) is 2. The molecule has 1 fully saturated rings. The summed E-state index contributed by atoms with van der Waals surface area (Å²) in [5, 5.41) is 24.3. The number of esters is 2. The van der Waals surface area contributed by atoms with Crippen LogP contribution in [-0.2, 0) is 117 Å². The summed E-state index contributed by atoms with van der Waals surface area (Å²) in [4.78, 5) is 213. The smallest absolute Gasteiger partial charge is 0.456 e. The van der Waals surface area contributed by atoms with Gasteiger partial charge < -0.3 is 106 Å². The fourth-order valence-corrected chi connectivity index (χ4v) is 15.9. The van der Waals surface area contributed by atoms with Crippen molar-refractivity contribution in [2.45, 2.75) is 228 Å². The number of cyclic esters (lactones) is 2. The molecule has 1 saturated carbocycles. The summed E-state index contributed by atoms with van der Waals surface area (Å²) in [6.45, 7) is 20.0. The van der Waals surface area contributed by atoms with Gasteiger partial charge in [-0.05, 0) is 157 Å². The van der Waals surface area contributed by atoms with Crippen LogP contribution in [0.15, 0.2) is 96.1 Å². The molecule has 3 unspecified atom stereocenters. The second kappa shape index (κ2) is 59.0. The average molecular weight is 1940 g/mol. The number of likely N-dealkylation sites (N-methyl/N-ethyl adjacent to an activating group) is 2. The number of primary amides is 1. The van der Waals surface area contributed by atoms with Crippen molar-refractivity contribution in [3.05, 3.63) is 123 Å². The van der Waals surface area contributed by atoms with Gasteiger partial charge in [0.25, 0.3) is 11.8 Å². The van der Waals surface area contributed by atoms with Crippen molar-refractivity contribution in [3.8, 4) is 0 Å². The van der Waals surface area contributed by atoms with Crippen molar-refractivity contribution in [2.75, 3.05) is 105 Å². The molecule has 3 aromatic rings. The van der Waals surface area contributed by atoms with E-state index in [9.17, 15) is 86.0 Å². The highest BCUT2D eigenvalue weighted by Gasteiger charge is 2.41. The van der Waals surface area contributed by atoms with E-state index < -0.39 is 179 Å². The summed E-state index contributed by atoms with van der Waals surface area (Å²) >= 11 is 6.18. The first-order valence-corrected chi connectivity index (χ1v) is 48.5. The van der Waals surface area contributed by atoms with Gasteiger partial charge in [0.05, 0.1) is 72.6 Å². The number of carbonyl (C=O) groups excluding carboxylic acids is 14. The molecule has 0 saturated heterocycles. The van der Waals surface area contributed by atoms with Crippen LogP contribution >= 0.6 is 27.2 Å². The molecule has 40 nitrogen and oxygen atoms in total. The molecule has 2 aliphatic rings. The lowest BCUT2D eigenvalue weighted by molar-refractivity contribution is -0.155. The van der Waals surface area contributed by atoms with Crippen LogP contribution in [0.3, 0.4) is 0 Å². The third-order valence-electron chi connectivity index (χ3n) is 22.2. The van der Waals surface area contributed by atoms with Gasteiger partial charge in [-0.2, -0.15) is 4.31 Å². The van der Waals surface area contributed by atoms with E-state index in [2.05, 4.69) is 52.2 Å². The number of unbranched alkanes of at least 4 members (excludes halogenated alkanes) is 2. The number of ketones is 1. The van der Waals surface area contributed by atoms with Gasteiger partial charge in [-0.25, -0.2) is 28.3 Å². The second-order valence-corrected chi connectivity index (χ2v) is 37.3. The lowest BCUT2D eigenvalue weighted by Gasteiger charge is -2.33. The molecule has 0 radical (unpaired) electrons. The number of benzene rings is 3. The highest BCUT2D eigenvalue weighted by atomic mass is 35.5. The van der Waals surface area contributed by atoms with E-state index in [1.54, 1.807) is 117 Å². The first-order valence-electron chi connectivity index (χ1n) is 45.2. The molecule has 13 atom stereocenters. The minimum absolute atomic E-state index is 0.000572. The summed E-state index contributed by atoms with van der Waals surface area (Å²) in [6.07, 6.45) is 1.88. The maximum atomic E-state index is 14.5. The molecule has 43 heteroatoms. The molecule has 13 N–H and O–H groups in total. The van der Waals surface area contributed by atoms with Gasteiger partial charge in [0.15, 0.2) is 11.9 Å². The lowest BCUT2D eigenvalue weighted by atomic mass is 9.80. The summed E-state index contributed by atoms with van der Waals surface area (Å²) in [7, 11) is -7.87. The topological polar surface area (TPSA) is 547 Å². The highest BCUT2D eigenvalue weighted by Crippen LogP contribution is 2.61. The molecule has 1 heterocycles. The summed E-state index contributed by atoms with van der Waals surface area (Å²) in [6, 6.07) is 10.6. The number of nitrogens with one attached hydrogen (secondary N) is 9. The monoisotopic (exact) mass is 1940 g/mol. The van der Waals surface area contributed by atoms with E-state index in [-0.39, 0.29) is 157 Å². The fourth-order valence-electron chi connectivity index (χ4n) is 13.7. The third kappa shape index (κ3) is 41.6. The first kappa shape index (κ1) is 114. The van der Waals surface area contributed by atoms with E-state index in [1.807, 2.05) is 0 Å². The summed E-state index contributed by atoms with van der Waals surface area (Å²) < 4.78 is 80.6. The Bertz CT molecular complexity index is 4520. The molecule has 3 aromatic carbocycles. The molecule has 0 spiro atoms. The number of rotatable bonds is 48. The van der Waals surface area contributed by atoms with Crippen LogP contribution in [0.5, 0.6) is 0 Å². The predicted octanol–water partition coefficient (Wildman–Crippen LogP) is 8.13. The predicted molar refractivity (Wildman–Crippen MR) is 495 cm³/mol. The molecule has 134 heavy (non-hydrogen) atoms. The SMILES string of the molecule is C/C=C(\C)[C@H]1OC(=O)[C@@H](C)NC(=O)[C@H](C(C)CC)NC(=O)CN(C)C(=O)[C@@H](Cc2ccc(Cl)cc2)N(C)C(=O)[C@H](C)NC(=O)[C@@H](CC(C)C)OC(=O)/C(C)=C/C[C@H](OC(=O)NCCCCCOP(=O)(O)OP(=O)(O)OCc2ccc(NC(=O)[C@@H](CCCNC(N)=O)NC(=O)[C@H](NC(=O)CCOCCOCCOCCOCCNC(=O)c3ccc(C(=O)C4CCC4)cc3)C(C)C)cc2)[C@@H]1C. The van der Waals surface area contributed by atoms with Crippen LogP contribution in [0, 0.1) is 29.6 Å². The van der Waals surface area contributed by atoms with Gasteiger partial charge in [0, 0.05) is 92.2 Å². The molecule has 746 valence electrons. The Balaban J connectivity index is 1.10. The number of halogens is 1. The number of anilines is 1. The van der Waals surface area contributed by atoms with Gasteiger partial charge in [-0.1, -0.05) is 121 Å². The van der Waals surface area contributed by atoms with E-state index >= 15 is 0 Å². The van der Waals surface area contributed by atoms with E-state index in [0.717, 1.165) is 29.1 Å². The largest absolute Gasteiger partial charge is 0.481 e. The quantitative estimate of drug-likeness (QED) is 0.00633. The van der Waals surface area contributed by atoms with Crippen molar-refractivity contribution < 1.29 is 133 Å². The minimum atomic E-state index is -5.32. The number of amides is 12. The zero-order valence-corrected chi connectivity index (χ0v) is 81.6. The number of nitrogens with two attached hydrogens (primary N) is 1. The van der Waals surface area contributed by atoms with Gasteiger partial charge in [-0.15, -0.1) is 0 Å². The Morgan fingerprint density at radius 3 is 1.87 bits per heavy atom. The number of hydrogen-bond donors (Lipinski definition) is 12. The van der Waals surface area contributed by atoms with Crippen LogP contribution in [-0.4, -0.2) is 257 Å². The van der Waals surface area contributed by atoms with Crippen LogP contribution in [0.2, 0.25) is 5.02 Å². The van der Waals surface area contributed by atoms with Gasteiger partial charge >= 0.3 is 39.7 Å². The van der Waals surface area contributed by atoms with Crippen molar-refractivity contribution in [1.82, 2.24) is 52.3 Å². The van der Waals surface area contributed by atoms with Gasteiger partial charge in [-0.3, -0.25) is 57.0 Å². The standard InChI is InChI=1S/C91H137ClN12O28P2/c1-15-58(7)78-85(112)98-63(12)89(116)131-80(59(8)16-2)61(10)73(38-25-60(9)88(115)129-74(52-56(3)4)83(110)97-62(11)86(113)104(14)72(53-64-26-34-69(92)35-27-64)87(114)103(13)54-76(106)102-78)130-91(118)96-40-18-17-19-43-127-133(119,120)132-134(121,122)128-55-65-28-36-70(37-29-65)99-82(109)71(24-21-41-95-90(93)117)100-84(111)77(57(5)6)101-75(105)39-44-123-46-48-125-50-51-126-49-47-124-45-42-94-81(108)68-32-30-67(31-33-68)79(107)66-22-20-23-66/h16,25-37,56-58,61-63,66,71-74,77-78,80H,15,17-24,38-55H2,1-14H3,(H,94,108)(H,96,118)(H,97,110)(H,98,112)(H,99,109)(H,100,111)(H,101,105)(H,102,106)(H,119,120)(H,121,122)(H3,93,95,117)/b59-16+,60-25+/t58?,61-,62-,63+,71+,72+,73-,74+,77+,78-,80+/m0/s1. The zero-order valence-electron chi connectivity index (χ0n) is 79.0. The summed E-state index contributed by atoms with van der Waals surface area (Å²) in [5.41, 5.74) is 7.77. The lowest BCUT2D eigenvalue weighted by Crippen LogP contribution is -2.57. The first-order chi connectivity index (χ1) is 63.4. The average Bonchev–Trinajstić information content (AvgIpc) is 0.827. The molecular weight excluding hydrogens is 1810 g/mol. The van der Waals surface area contributed by atoms with Crippen molar-refractivity contribution >= 4 is 116 Å². The molecule has 1 aliphatic heterocycles. The van der Waals surface area contributed by atoms with Gasteiger partial charge in [0.1, 0.15) is 48.5 Å². The van der Waals surface area contributed by atoms with Crippen molar-refractivity contribution in [1.29, 1.82) is 0 Å². The van der Waals surface area contributed by atoms with Crippen LogP contribution in [0.4, 0.5) is 15.3 Å². The fraction of sp³-hybridized carbons (Fsp3) is 0.604. The second-order valence-electron chi connectivity index (χ2n) is 33.8. The van der Waals surface area contributed by atoms with E-state index in [1.165, 1.54) is 65.2 Å². The number of urea groups is 1. The number of ether oxygens (including phenoxy) is 7. The van der Waals surface area contributed by atoms with Crippen LogP contribution in [0.1, 0.15) is 192 Å². The zero-order chi connectivity index (χ0) is 99.4. The Kier molecular flexibility index (Phi) is 50.4. The van der Waals surface area contributed by atoms with Crippen LogP contribution in [0.25, 0.3) is 0 Å². The van der Waals surface area contributed by atoms with E-state index in [0.29, 0.717) is 46.9 Å². The molecule has 1 aliphatic carbocycles. The molecule has 0 bridgehead atoms. The summed E-state index contributed by atoms with van der Waals surface area (Å²) in [5.74, 6) is -9.62. The maximum absolute atomic E-state index is 14.5. The Morgan fingerprint density at radius 1 is 0.672 bits per heavy atom. The number of hydrogen-bond acceptors (Lipinski definition) is 26. The molecule has 12 amide bonds. The number of Topliss-reactive ketones (excluding diaryl/α,β-unsaturated/α-hetero) is 1.